The van der Waals surface area contributed by atoms with E-state index in [0.29, 0.717) is 6.42 Å². The maximum absolute atomic E-state index is 12.0. The highest BCUT2D eigenvalue weighted by Gasteiger charge is 2.06. The van der Waals surface area contributed by atoms with Gasteiger partial charge in [0.05, 0.1) is 0 Å². The molecule has 0 aliphatic carbocycles. The average Bonchev–Trinajstić information content (AvgIpc) is 2.47. The van der Waals surface area contributed by atoms with Crippen LogP contribution in [0.25, 0.3) is 0 Å². The van der Waals surface area contributed by atoms with Crippen molar-refractivity contribution >= 4 is 5.78 Å². The lowest BCUT2D eigenvalue weighted by molar-refractivity contribution is 0.0979. The Morgan fingerprint density at radius 1 is 1.15 bits per heavy atom. The second-order valence-electron chi connectivity index (χ2n) is 5.21. The molecule has 0 aliphatic rings. The first-order valence-corrected chi connectivity index (χ1v) is 7.22. The van der Waals surface area contributed by atoms with Gasteiger partial charge in [-0.15, -0.1) is 0 Å². The number of aromatic nitrogens is 1. The smallest absolute Gasteiger partial charge is 0.162 e. The monoisotopic (exact) mass is 267 g/mol. The largest absolute Gasteiger partial charge is 0.294 e. The summed E-state index contributed by atoms with van der Waals surface area (Å²) < 4.78 is 0. The third kappa shape index (κ3) is 4.02. The molecular weight excluding hydrogens is 246 g/mol. The zero-order valence-electron chi connectivity index (χ0n) is 12.2. The summed E-state index contributed by atoms with van der Waals surface area (Å²) in [6.45, 7) is 4.09. The van der Waals surface area contributed by atoms with Gasteiger partial charge in [0.15, 0.2) is 5.78 Å². The van der Waals surface area contributed by atoms with E-state index in [4.69, 9.17) is 0 Å². The van der Waals surface area contributed by atoms with E-state index in [2.05, 4.69) is 24.0 Å². The predicted molar refractivity (Wildman–Crippen MR) is 82.1 cm³/mol. The molecule has 1 aromatic heterocycles. The third-order valence-electron chi connectivity index (χ3n) is 3.39. The van der Waals surface area contributed by atoms with Crippen molar-refractivity contribution < 1.29 is 4.79 Å². The Kier molecular flexibility index (Phi) is 5.05. The van der Waals surface area contributed by atoms with Crippen LogP contribution >= 0.6 is 0 Å². The molecule has 2 aromatic rings. The van der Waals surface area contributed by atoms with Crippen LogP contribution in [0.5, 0.6) is 0 Å². The summed E-state index contributed by atoms with van der Waals surface area (Å²) in [5.74, 6) is 0.246. The van der Waals surface area contributed by atoms with E-state index in [1.54, 1.807) is 0 Å². The van der Waals surface area contributed by atoms with Gasteiger partial charge in [0.2, 0.25) is 0 Å². The zero-order valence-corrected chi connectivity index (χ0v) is 12.2. The van der Waals surface area contributed by atoms with Crippen LogP contribution in [0, 0.1) is 6.92 Å². The molecule has 1 heterocycles. The molecule has 2 nitrogen and oxygen atoms in total. The third-order valence-corrected chi connectivity index (χ3v) is 3.39. The van der Waals surface area contributed by atoms with Gasteiger partial charge in [-0.3, -0.25) is 9.78 Å². The Morgan fingerprint density at radius 3 is 2.70 bits per heavy atom. The quantitative estimate of drug-likeness (QED) is 0.728. The Bertz CT molecular complexity index is 572. The van der Waals surface area contributed by atoms with E-state index in [9.17, 15) is 4.79 Å². The second kappa shape index (κ2) is 6.99. The molecule has 20 heavy (non-hydrogen) atoms. The molecule has 0 atom stereocenters. The van der Waals surface area contributed by atoms with Crippen molar-refractivity contribution in [1.29, 1.82) is 0 Å². The molecule has 0 spiro atoms. The van der Waals surface area contributed by atoms with Crippen molar-refractivity contribution in [2.75, 3.05) is 0 Å². The number of pyridine rings is 1. The number of rotatable bonds is 6. The minimum Gasteiger partial charge on any atom is -0.294 e. The van der Waals surface area contributed by atoms with Gasteiger partial charge in [-0.25, -0.2) is 0 Å². The fourth-order valence-corrected chi connectivity index (χ4v) is 2.18. The summed E-state index contributed by atoms with van der Waals surface area (Å²) in [6, 6.07) is 12.1. The summed E-state index contributed by atoms with van der Waals surface area (Å²) in [5, 5.41) is 0. The highest BCUT2D eigenvalue weighted by molar-refractivity contribution is 5.96. The van der Waals surface area contributed by atoms with Gasteiger partial charge in [0, 0.05) is 23.9 Å². The zero-order chi connectivity index (χ0) is 14.4. The summed E-state index contributed by atoms with van der Waals surface area (Å²) in [7, 11) is 0. The molecule has 0 saturated heterocycles. The maximum atomic E-state index is 12.0. The van der Waals surface area contributed by atoms with Gasteiger partial charge < -0.3 is 0 Å². The first-order chi connectivity index (χ1) is 9.69. The van der Waals surface area contributed by atoms with Gasteiger partial charge in [-0.1, -0.05) is 37.6 Å². The molecule has 2 heteroatoms. The van der Waals surface area contributed by atoms with Crippen molar-refractivity contribution in [2.45, 2.75) is 39.5 Å². The number of carbonyl (C=O) groups excluding carboxylic acids is 1. The van der Waals surface area contributed by atoms with Crippen molar-refractivity contribution in [1.82, 2.24) is 4.98 Å². The van der Waals surface area contributed by atoms with Gasteiger partial charge in [0.25, 0.3) is 0 Å². The number of benzene rings is 1. The highest BCUT2D eigenvalue weighted by Crippen LogP contribution is 2.13. The van der Waals surface area contributed by atoms with Crippen LogP contribution in [0.1, 0.15) is 53.4 Å². The molecule has 104 valence electrons. The van der Waals surface area contributed by atoms with Crippen LogP contribution in [0.2, 0.25) is 0 Å². The van der Waals surface area contributed by atoms with Crippen LogP contribution in [0.15, 0.2) is 42.6 Å². The van der Waals surface area contributed by atoms with Gasteiger partial charge in [-0.05, 0) is 43.0 Å². The van der Waals surface area contributed by atoms with Crippen LogP contribution in [0.3, 0.4) is 0 Å². The molecule has 0 N–H and O–H groups in total. The fraction of sp³-hybridized carbons (Fsp3) is 0.333. The normalized spacial score (nSPS) is 10.5. The molecule has 0 aliphatic heterocycles. The van der Waals surface area contributed by atoms with Crippen molar-refractivity contribution in [3.05, 3.63) is 65.0 Å². The van der Waals surface area contributed by atoms with E-state index in [0.717, 1.165) is 36.1 Å². The topological polar surface area (TPSA) is 30.0 Å². The van der Waals surface area contributed by atoms with Crippen LogP contribution in [-0.2, 0) is 6.42 Å². The van der Waals surface area contributed by atoms with Crippen LogP contribution in [-0.4, -0.2) is 10.8 Å². The van der Waals surface area contributed by atoms with Gasteiger partial charge in [0.1, 0.15) is 0 Å². The molecule has 0 amide bonds. The average molecular weight is 267 g/mol. The number of hydrogen-bond donors (Lipinski definition) is 0. The lowest BCUT2D eigenvalue weighted by atomic mass is 10.00. The van der Waals surface area contributed by atoms with Crippen molar-refractivity contribution in [3.8, 4) is 0 Å². The minimum absolute atomic E-state index is 0.246. The second-order valence-corrected chi connectivity index (χ2v) is 5.21. The lowest BCUT2D eigenvalue weighted by Crippen LogP contribution is -2.00. The first-order valence-electron chi connectivity index (χ1n) is 7.22. The molecule has 0 saturated carbocycles. The summed E-state index contributed by atoms with van der Waals surface area (Å²) >= 11 is 0. The highest BCUT2D eigenvalue weighted by atomic mass is 16.1. The maximum Gasteiger partial charge on any atom is 0.162 e. The lowest BCUT2D eigenvalue weighted by Gasteiger charge is -2.05. The standard InChI is InChI=1S/C18H21NO/c1-3-4-8-18(20)17-7-5-6-15(12-17)11-16-10-9-14(2)19-13-16/h5-7,9-10,12-13H,3-4,8,11H2,1-2H3. The van der Waals surface area contributed by atoms with Crippen LogP contribution < -0.4 is 0 Å². The number of aryl methyl sites for hydroxylation is 1. The predicted octanol–water partition coefficient (Wildman–Crippen LogP) is 4.35. The first kappa shape index (κ1) is 14.4. The summed E-state index contributed by atoms with van der Waals surface area (Å²) in [4.78, 5) is 16.3. The Morgan fingerprint density at radius 2 is 2.00 bits per heavy atom. The molecule has 0 bridgehead atoms. The number of nitrogens with zero attached hydrogens (tertiary/aromatic N) is 1. The molecule has 0 unspecified atom stereocenters. The van der Waals surface area contributed by atoms with Crippen molar-refractivity contribution in [3.63, 3.8) is 0 Å². The number of unbranched alkanes of at least 4 members (excludes halogenated alkanes) is 1. The van der Waals surface area contributed by atoms with E-state index >= 15 is 0 Å². The van der Waals surface area contributed by atoms with E-state index in [-0.39, 0.29) is 5.78 Å². The van der Waals surface area contributed by atoms with Crippen LogP contribution in [0.4, 0.5) is 0 Å². The summed E-state index contributed by atoms with van der Waals surface area (Å²) in [5.41, 5.74) is 4.19. The molecule has 1 aromatic carbocycles. The number of ketones is 1. The van der Waals surface area contributed by atoms with E-state index < -0.39 is 0 Å². The fourth-order valence-electron chi connectivity index (χ4n) is 2.18. The Labute approximate surface area is 120 Å². The Hall–Kier alpha value is -1.96. The summed E-state index contributed by atoms with van der Waals surface area (Å²) in [6.07, 6.45) is 5.39. The Balaban J connectivity index is 2.09. The number of hydrogen-bond acceptors (Lipinski definition) is 2. The van der Waals surface area contributed by atoms with Gasteiger partial charge in [-0.2, -0.15) is 0 Å². The SMILES string of the molecule is CCCCC(=O)c1cccc(Cc2ccc(C)nc2)c1. The number of carbonyl (C=O) groups is 1. The van der Waals surface area contributed by atoms with E-state index in [1.165, 1.54) is 5.56 Å². The molecule has 0 fully saturated rings. The molecular formula is C18H21NO. The molecule has 0 radical (unpaired) electrons. The molecule has 2 rings (SSSR count). The van der Waals surface area contributed by atoms with E-state index in [1.807, 2.05) is 37.4 Å². The number of Topliss-reactive ketones (excluding diaryl/α,β-unsaturated/α-hetero) is 1. The minimum atomic E-state index is 0.246. The van der Waals surface area contributed by atoms with Crippen molar-refractivity contribution in [2.24, 2.45) is 0 Å². The van der Waals surface area contributed by atoms with Gasteiger partial charge >= 0.3 is 0 Å².